The van der Waals surface area contributed by atoms with Crippen LogP contribution in [0, 0.1) is 11.8 Å². The zero-order valence-corrected chi connectivity index (χ0v) is 13.6. The summed E-state index contributed by atoms with van der Waals surface area (Å²) in [7, 11) is 0. The molecule has 0 bridgehead atoms. The number of nitrogens with zero attached hydrogens (tertiary/aromatic N) is 1. The fraction of sp³-hybridized carbons (Fsp3) is 0.882. The average Bonchev–Trinajstić information content (AvgIpc) is 2.47. The molecular weight excluding hydrogens is 264 g/mol. The van der Waals surface area contributed by atoms with Gasteiger partial charge in [-0.25, -0.2) is 0 Å². The highest BCUT2D eigenvalue weighted by Crippen LogP contribution is 2.28. The number of carbonyl (C=O) groups excluding carboxylic acids is 2. The first-order valence-corrected chi connectivity index (χ1v) is 8.64. The molecule has 0 spiro atoms. The van der Waals surface area contributed by atoms with Gasteiger partial charge in [-0.3, -0.25) is 9.59 Å². The molecule has 4 heteroatoms. The van der Waals surface area contributed by atoms with E-state index in [9.17, 15) is 9.59 Å². The Labute approximate surface area is 128 Å². The molecule has 0 aromatic rings. The second kappa shape index (κ2) is 7.81. The zero-order valence-electron chi connectivity index (χ0n) is 13.6. The van der Waals surface area contributed by atoms with E-state index in [4.69, 9.17) is 0 Å². The number of amides is 2. The Morgan fingerprint density at radius 3 is 2.24 bits per heavy atom. The van der Waals surface area contributed by atoms with Gasteiger partial charge in [0.05, 0.1) is 0 Å². The Hall–Kier alpha value is -1.06. The highest BCUT2D eigenvalue weighted by Gasteiger charge is 2.29. The van der Waals surface area contributed by atoms with Crippen LogP contribution in [0.3, 0.4) is 0 Å². The van der Waals surface area contributed by atoms with Crippen LogP contribution < -0.4 is 5.32 Å². The lowest BCUT2D eigenvalue weighted by molar-refractivity contribution is -0.138. The van der Waals surface area contributed by atoms with E-state index in [1.807, 2.05) is 18.7 Å². The Balaban J connectivity index is 1.72. The lowest BCUT2D eigenvalue weighted by Crippen LogP contribution is -2.43. The summed E-state index contributed by atoms with van der Waals surface area (Å²) in [4.78, 5) is 26.3. The molecule has 0 atom stereocenters. The van der Waals surface area contributed by atoms with E-state index in [1.165, 1.54) is 19.3 Å². The maximum absolute atomic E-state index is 12.5. The van der Waals surface area contributed by atoms with E-state index in [2.05, 4.69) is 5.32 Å². The van der Waals surface area contributed by atoms with E-state index in [1.54, 1.807) is 0 Å². The summed E-state index contributed by atoms with van der Waals surface area (Å²) in [5, 5.41) is 2.96. The van der Waals surface area contributed by atoms with Crippen LogP contribution in [0.25, 0.3) is 0 Å². The molecule has 0 radical (unpaired) electrons. The molecule has 4 nitrogen and oxygen atoms in total. The van der Waals surface area contributed by atoms with Gasteiger partial charge in [0.1, 0.15) is 0 Å². The Morgan fingerprint density at radius 1 is 1.05 bits per heavy atom. The van der Waals surface area contributed by atoms with Gasteiger partial charge < -0.3 is 10.2 Å². The summed E-state index contributed by atoms with van der Waals surface area (Å²) >= 11 is 0. The van der Waals surface area contributed by atoms with Crippen molar-refractivity contribution in [2.24, 2.45) is 11.8 Å². The topological polar surface area (TPSA) is 49.4 Å². The van der Waals surface area contributed by atoms with Gasteiger partial charge >= 0.3 is 0 Å². The third-order valence-electron chi connectivity index (χ3n) is 4.80. The summed E-state index contributed by atoms with van der Waals surface area (Å²) in [6.07, 6.45) is 8.43. The largest absolute Gasteiger partial charge is 0.354 e. The minimum atomic E-state index is 0.155. The third-order valence-corrected chi connectivity index (χ3v) is 4.80. The van der Waals surface area contributed by atoms with Gasteiger partial charge in [0.25, 0.3) is 0 Å². The summed E-state index contributed by atoms with van der Waals surface area (Å²) in [5.74, 6) is 1.25. The number of hydrogen-bond acceptors (Lipinski definition) is 2. The van der Waals surface area contributed by atoms with Gasteiger partial charge in [-0.1, -0.05) is 19.3 Å². The molecule has 1 saturated carbocycles. The van der Waals surface area contributed by atoms with E-state index in [0.717, 1.165) is 38.8 Å². The van der Waals surface area contributed by atoms with Crippen LogP contribution in [-0.4, -0.2) is 35.8 Å². The lowest BCUT2D eigenvalue weighted by Gasteiger charge is -2.35. The monoisotopic (exact) mass is 294 g/mol. The van der Waals surface area contributed by atoms with Crippen molar-refractivity contribution in [3.63, 3.8) is 0 Å². The first-order chi connectivity index (χ1) is 10.1. The van der Waals surface area contributed by atoms with Crippen LogP contribution in [0.5, 0.6) is 0 Å². The summed E-state index contributed by atoms with van der Waals surface area (Å²) in [6.45, 7) is 5.66. The average molecular weight is 294 g/mol. The van der Waals surface area contributed by atoms with Crippen LogP contribution in [-0.2, 0) is 9.59 Å². The van der Waals surface area contributed by atoms with Crippen molar-refractivity contribution >= 4 is 11.8 Å². The highest BCUT2D eigenvalue weighted by atomic mass is 16.2. The van der Waals surface area contributed by atoms with Crippen molar-refractivity contribution in [3.05, 3.63) is 0 Å². The third kappa shape index (κ3) is 5.01. The quantitative estimate of drug-likeness (QED) is 0.866. The fourth-order valence-electron chi connectivity index (χ4n) is 3.61. The second-order valence-corrected chi connectivity index (χ2v) is 7.03. The van der Waals surface area contributed by atoms with Gasteiger partial charge in [-0.05, 0) is 45.4 Å². The fourth-order valence-corrected chi connectivity index (χ4v) is 3.61. The molecule has 1 saturated heterocycles. The molecule has 0 aromatic carbocycles. The smallest absolute Gasteiger partial charge is 0.225 e. The van der Waals surface area contributed by atoms with Gasteiger partial charge in [0, 0.05) is 31.5 Å². The van der Waals surface area contributed by atoms with Gasteiger partial charge in [0.15, 0.2) is 0 Å². The maximum Gasteiger partial charge on any atom is 0.225 e. The minimum absolute atomic E-state index is 0.155. The molecular formula is C17H30N2O2. The first-order valence-electron chi connectivity index (χ1n) is 8.64. The molecule has 1 heterocycles. The summed E-state index contributed by atoms with van der Waals surface area (Å²) in [6, 6.07) is 0.213. The Morgan fingerprint density at radius 2 is 1.67 bits per heavy atom. The molecule has 2 aliphatic rings. The van der Waals surface area contributed by atoms with Gasteiger partial charge in [-0.15, -0.1) is 0 Å². The molecule has 120 valence electrons. The predicted molar refractivity (Wildman–Crippen MR) is 83.8 cm³/mol. The number of carbonyl (C=O) groups is 2. The molecule has 2 rings (SSSR count). The van der Waals surface area contributed by atoms with E-state index in [0.29, 0.717) is 18.2 Å². The van der Waals surface area contributed by atoms with Crippen molar-refractivity contribution < 1.29 is 9.59 Å². The van der Waals surface area contributed by atoms with Crippen molar-refractivity contribution in [2.45, 2.75) is 71.3 Å². The number of hydrogen-bond donors (Lipinski definition) is 1. The minimum Gasteiger partial charge on any atom is -0.354 e. The number of nitrogens with one attached hydrogen (secondary N) is 1. The summed E-state index contributed by atoms with van der Waals surface area (Å²) in [5.41, 5.74) is 0. The standard InChI is InChI=1S/C17H30N2O2/c1-13(2)18-16(20)12-14-8-10-19(11-9-14)17(21)15-6-4-3-5-7-15/h13-15H,3-12H2,1-2H3,(H,18,20). The molecule has 1 aliphatic heterocycles. The molecule has 1 N–H and O–H groups in total. The van der Waals surface area contributed by atoms with E-state index in [-0.39, 0.29) is 17.9 Å². The van der Waals surface area contributed by atoms with Crippen molar-refractivity contribution in [1.82, 2.24) is 10.2 Å². The first kappa shape index (κ1) is 16.3. The van der Waals surface area contributed by atoms with Crippen molar-refractivity contribution in [1.29, 1.82) is 0 Å². The zero-order chi connectivity index (χ0) is 15.2. The van der Waals surface area contributed by atoms with E-state index >= 15 is 0 Å². The second-order valence-electron chi connectivity index (χ2n) is 7.03. The van der Waals surface area contributed by atoms with Gasteiger partial charge in [-0.2, -0.15) is 0 Å². The summed E-state index contributed by atoms with van der Waals surface area (Å²) < 4.78 is 0. The highest BCUT2D eigenvalue weighted by molar-refractivity contribution is 5.79. The van der Waals surface area contributed by atoms with Crippen LogP contribution >= 0.6 is 0 Å². The van der Waals surface area contributed by atoms with Crippen LogP contribution in [0.4, 0.5) is 0 Å². The Bertz CT molecular complexity index is 354. The normalized spacial score (nSPS) is 21.6. The molecule has 0 aromatic heterocycles. The SMILES string of the molecule is CC(C)NC(=O)CC1CCN(C(=O)C2CCCCC2)CC1. The van der Waals surface area contributed by atoms with Crippen molar-refractivity contribution in [2.75, 3.05) is 13.1 Å². The maximum atomic E-state index is 12.5. The van der Waals surface area contributed by atoms with Crippen LogP contribution in [0.2, 0.25) is 0 Å². The molecule has 2 fully saturated rings. The molecule has 1 aliphatic carbocycles. The predicted octanol–water partition coefficient (Wildman–Crippen LogP) is 2.72. The molecule has 0 unspecified atom stereocenters. The number of piperidine rings is 1. The number of likely N-dealkylation sites (tertiary alicyclic amines) is 1. The molecule has 21 heavy (non-hydrogen) atoms. The molecule has 2 amide bonds. The number of rotatable bonds is 4. The van der Waals surface area contributed by atoms with E-state index < -0.39 is 0 Å². The van der Waals surface area contributed by atoms with Crippen molar-refractivity contribution in [3.8, 4) is 0 Å². The lowest BCUT2D eigenvalue weighted by atomic mass is 9.86. The van der Waals surface area contributed by atoms with Crippen LogP contribution in [0.15, 0.2) is 0 Å². The van der Waals surface area contributed by atoms with Gasteiger partial charge in [0.2, 0.25) is 11.8 Å². The van der Waals surface area contributed by atoms with Crippen LogP contribution in [0.1, 0.15) is 65.2 Å². The Kier molecular flexibility index (Phi) is 6.07.